The SMILES string of the molecule is CCOC(=O)CC(C#N)(CC)CC(C)C. The van der Waals surface area contributed by atoms with Crippen LogP contribution in [0.4, 0.5) is 0 Å². The van der Waals surface area contributed by atoms with E-state index in [1.807, 2.05) is 6.92 Å². The molecule has 0 aromatic rings. The maximum absolute atomic E-state index is 11.4. The van der Waals surface area contributed by atoms with Crippen LogP contribution in [0, 0.1) is 22.7 Å². The summed E-state index contributed by atoms with van der Waals surface area (Å²) in [6.07, 6.45) is 1.66. The summed E-state index contributed by atoms with van der Waals surface area (Å²) in [6, 6.07) is 2.29. The van der Waals surface area contributed by atoms with E-state index in [0.717, 1.165) is 6.42 Å². The van der Waals surface area contributed by atoms with E-state index in [-0.39, 0.29) is 12.4 Å². The average molecular weight is 211 g/mol. The standard InChI is InChI=1S/C12H21NO2/c1-5-12(9-13,7-10(3)4)8-11(14)15-6-2/h10H,5-8H2,1-4H3. The van der Waals surface area contributed by atoms with Gasteiger partial charge in [0.1, 0.15) is 0 Å². The van der Waals surface area contributed by atoms with E-state index in [1.54, 1.807) is 6.92 Å². The Labute approximate surface area is 92.4 Å². The quantitative estimate of drug-likeness (QED) is 0.635. The Morgan fingerprint density at radius 2 is 2.07 bits per heavy atom. The molecule has 0 aliphatic heterocycles. The van der Waals surface area contributed by atoms with E-state index in [1.165, 1.54) is 0 Å². The van der Waals surface area contributed by atoms with Crippen LogP contribution in [-0.4, -0.2) is 12.6 Å². The maximum Gasteiger partial charge on any atom is 0.307 e. The van der Waals surface area contributed by atoms with Crippen molar-refractivity contribution in [3.63, 3.8) is 0 Å². The molecule has 0 heterocycles. The van der Waals surface area contributed by atoms with Crippen LogP contribution in [0.3, 0.4) is 0 Å². The van der Waals surface area contributed by atoms with Gasteiger partial charge in [-0.05, 0) is 25.7 Å². The first-order chi connectivity index (χ1) is 6.99. The summed E-state index contributed by atoms with van der Waals surface area (Å²) in [5.41, 5.74) is -0.541. The first-order valence-corrected chi connectivity index (χ1v) is 5.56. The van der Waals surface area contributed by atoms with Crippen molar-refractivity contribution in [1.82, 2.24) is 0 Å². The van der Waals surface area contributed by atoms with Crippen molar-refractivity contribution in [3.8, 4) is 6.07 Å². The summed E-state index contributed by atoms with van der Waals surface area (Å²) >= 11 is 0. The van der Waals surface area contributed by atoms with Crippen LogP contribution >= 0.6 is 0 Å². The zero-order chi connectivity index (χ0) is 11.9. The molecule has 3 nitrogen and oxygen atoms in total. The number of hydrogen-bond acceptors (Lipinski definition) is 3. The minimum Gasteiger partial charge on any atom is -0.466 e. The molecule has 3 heteroatoms. The molecule has 0 spiro atoms. The summed E-state index contributed by atoms with van der Waals surface area (Å²) in [5.74, 6) is 0.153. The number of nitrogens with zero attached hydrogens (tertiary/aromatic N) is 1. The molecule has 0 aliphatic carbocycles. The van der Waals surface area contributed by atoms with E-state index in [2.05, 4.69) is 19.9 Å². The van der Waals surface area contributed by atoms with Crippen molar-refractivity contribution in [2.75, 3.05) is 6.61 Å². The number of rotatable bonds is 6. The second-order valence-corrected chi connectivity index (χ2v) is 4.33. The number of carbonyl (C=O) groups excluding carboxylic acids is 1. The Kier molecular flexibility index (Phi) is 6.00. The second-order valence-electron chi connectivity index (χ2n) is 4.33. The van der Waals surface area contributed by atoms with E-state index in [9.17, 15) is 10.1 Å². The maximum atomic E-state index is 11.4. The van der Waals surface area contributed by atoms with Gasteiger partial charge in [-0.1, -0.05) is 20.8 Å². The minimum absolute atomic E-state index is 0.214. The monoisotopic (exact) mass is 211 g/mol. The fraction of sp³-hybridized carbons (Fsp3) is 0.833. The molecule has 0 radical (unpaired) electrons. The molecule has 0 fully saturated rings. The highest BCUT2D eigenvalue weighted by Gasteiger charge is 2.32. The molecule has 0 saturated carbocycles. The molecule has 0 bridgehead atoms. The van der Waals surface area contributed by atoms with Gasteiger partial charge in [0, 0.05) is 0 Å². The molecular weight excluding hydrogens is 190 g/mol. The fourth-order valence-electron chi connectivity index (χ4n) is 1.78. The predicted octanol–water partition coefficient (Wildman–Crippen LogP) is 2.91. The highest BCUT2D eigenvalue weighted by atomic mass is 16.5. The molecular formula is C12H21NO2. The van der Waals surface area contributed by atoms with Crippen LogP contribution in [0.5, 0.6) is 0 Å². The van der Waals surface area contributed by atoms with Gasteiger partial charge in [0.05, 0.1) is 24.5 Å². The number of carbonyl (C=O) groups is 1. The van der Waals surface area contributed by atoms with Crippen LogP contribution in [0.1, 0.15) is 47.0 Å². The Morgan fingerprint density at radius 1 is 1.47 bits per heavy atom. The molecule has 86 valence electrons. The highest BCUT2D eigenvalue weighted by Crippen LogP contribution is 2.33. The van der Waals surface area contributed by atoms with E-state index in [4.69, 9.17) is 4.74 Å². The van der Waals surface area contributed by atoms with Gasteiger partial charge in [-0.2, -0.15) is 5.26 Å². The molecule has 1 atom stereocenters. The third kappa shape index (κ3) is 4.83. The van der Waals surface area contributed by atoms with E-state index < -0.39 is 5.41 Å². The number of hydrogen-bond donors (Lipinski definition) is 0. The molecule has 0 aromatic heterocycles. The van der Waals surface area contributed by atoms with Crippen LogP contribution in [0.15, 0.2) is 0 Å². The predicted molar refractivity (Wildman–Crippen MR) is 59.0 cm³/mol. The van der Waals surface area contributed by atoms with Crippen LogP contribution < -0.4 is 0 Å². The molecule has 0 aliphatic rings. The van der Waals surface area contributed by atoms with Crippen LogP contribution in [-0.2, 0) is 9.53 Å². The molecule has 0 amide bonds. The van der Waals surface area contributed by atoms with Crippen LogP contribution in [0.2, 0.25) is 0 Å². The zero-order valence-corrected chi connectivity index (χ0v) is 10.2. The van der Waals surface area contributed by atoms with Crippen molar-refractivity contribution in [2.45, 2.75) is 47.0 Å². The summed E-state index contributed by atoms with van der Waals surface area (Å²) in [5, 5.41) is 9.18. The lowest BCUT2D eigenvalue weighted by atomic mass is 9.76. The summed E-state index contributed by atoms with van der Waals surface area (Å²) in [4.78, 5) is 11.4. The zero-order valence-electron chi connectivity index (χ0n) is 10.2. The van der Waals surface area contributed by atoms with Gasteiger partial charge in [-0.15, -0.1) is 0 Å². The van der Waals surface area contributed by atoms with Crippen LogP contribution in [0.25, 0.3) is 0 Å². The van der Waals surface area contributed by atoms with Gasteiger partial charge in [0.15, 0.2) is 0 Å². The third-order valence-corrected chi connectivity index (χ3v) is 2.50. The van der Waals surface area contributed by atoms with Crippen molar-refractivity contribution >= 4 is 5.97 Å². The van der Waals surface area contributed by atoms with Gasteiger partial charge in [-0.3, -0.25) is 4.79 Å². The first-order valence-electron chi connectivity index (χ1n) is 5.56. The summed E-state index contributed by atoms with van der Waals surface area (Å²) in [7, 11) is 0. The lowest BCUT2D eigenvalue weighted by Crippen LogP contribution is -2.25. The normalized spacial score (nSPS) is 14.4. The number of nitriles is 1. The molecule has 0 N–H and O–H groups in total. The van der Waals surface area contributed by atoms with Gasteiger partial charge >= 0.3 is 5.97 Å². The molecule has 0 saturated heterocycles. The molecule has 0 aromatic carbocycles. The lowest BCUT2D eigenvalue weighted by molar-refractivity contribution is -0.145. The van der Waals surface area contributed by atoms with Crippen molar-refractivity contribution in [2.24, 2.45) is 11.3 Å². The number of ether oxygens (including phenoxy) is 1. The summed E-state index contributed by atoms with van der Waals surface area (Å²) in [6.45, 7) is 8.23. The van der Waals surface area contributed by atoms with Gasteiger partial charge in [0.2, 0.25) is 0 Å². The Bertz CT molecular complexity index is 242. The topological polar surface area (TPSA) is 50.1 Å². The molecule has 1 unspecified atom stereocenters. The van der Waals surface area contributed by atoms with E-state index >= 15 is 0 Å². The Hall–Kier alpha value is -1.04. The van der Waals surface area contributed by atoms with Crippen molar-refractivity contribution in [1.29, 1.82) is 5.26 Å². The number of esters is 1. The van der Waals surface area contributed by atoms with Crippen molar-refractivity contribution < 1.29 is 9.53 Å². The van der Waals surface area contributed by atoms with Gasteiger partial charge < -0.3 is 4.74 Å². The largest absolute Gasteiger partial charge is 0.466 e. The fourth-order valence-corrected chi connectivity index (χ4v) is 1.78. The average Bonchev–Trinajstić information content (AvgIpc) is 2.16. The summed E-state index contributed by atoms with van der Waals surface area (Å²) < 4.78 is 4.89. The third-order valence-electron chi connectivity index (χ3n) is 2.50. The second kappa shape index (κ2) is 6.44. The van der Waals surface area contributed by atoms with Gasteiger partial charge in [-0.25, -0.2) is 0 Å². The molecule has 15 heavy (non-hydrogen) atoms. The van der Waals surface area contributed by atoms with Crippen molar-refractivity contribution in [3.05, 3.63) is 0 Å². The lowest BCUT2D eigenvalue weighted by Gasteiger charge is -2.25. The first kappa shape index (κ1) is 14.0. The molecule has 0 rings (SSSR count). The minimum atomic E-state index is -0.541. The Balaban J connectivity index is 4.51. The smallest absolute Gasteiger partial charge is 0.307 e. The van der Waals surface area contributed by atoms with E-state index in [0.29, 0.717) is 18.9 Å². The highest BCUT2D eigenvalue weighted by molar-refractivity contribution is 5.70. The Morgan fingerprint density at radius 3 is 2.40 bits per heavy atom. The van der Waals surface area contributed by atoms with Gasteiger partial charge in [0.25, 0.3) is 0 Å².